The normalized spacial score (nSPS) is 21.8. The Morgan fingerprint density at radius 1 is 1.32 bits per heavy atom. The van der Waals surface area contributed by atoms with E-state index in [9.17, 15) is 23.9 Å². The number of carbonyl (C=O) groups is 3. The molecule has 0 aliphatic carbocycles. The second-order valence-corrected chi connectivity index (χ2v) is 9.51. The fourth-order valence-electron chi connectivity index (χ4n) is 3.67. The van der Waals surface area contributed by atoms with Gasteiger partial charge in [-0.25, -0.2) is 9.18 Å². The number of ether oxygens (including phenoxy) is 1. The number of aliphatic hydroxyl groups is 1. The van der Waals surface area contributed by atoms with Crippen LogP contribution in [-0.4, -0.2) is 70.2 Å². The molecular weight excluding hydrogens is 429 g/mol. The summed E-state index contributed by atoms with van der Waals surface area (Å²) in [6.45, 7) is 6.77. The Morgan fingerprint density at radius 2 is 2.00 bits per heavy atom. The van der Waals surface area contributed by atoms with Gasteiger partial charge in [-0.15, -0.1) is 0 Å². The molecule has 10 heteroatoms. The van der Waals surface area contributed by atoms with E-state index in [0.717, 1.165) is 6.07 Å². The first kappa shape index (κ1) is 23.3. The molecule has 2 N–H and O–H groups in total. The second kappa shape index (κ2) is 8.63. The molecular formula is C21H27ClFN3O5. The van der Waals surface area contributed by atoms with E-state index in [1.54, 1.807) is 25.7 Å². The summed E-state index contributed by atoms with van der Waals surface area (Å²) in [5.41, 5.74) is -2.32. The van der Waals surface area contributed by atoms with Crippen molar-refractivity contribution >= 4 is 29.5 Å². The Morgan fingerprint density at radius 3 is 2.61 bits per heavy atom. The lowest BCUT2D eigenvalue weighted by Gasteiger charge is -2.41. The molecule has 3 rings (SSSR count). The molecule has 2 saturated heterocycles. The van der Waals surface area contributed by atoms with Gasteiger partial charge in [-0.3, -0.25) is 9.59 Å². The van der Waals surface area contributed by atoms with Gasteiger partial charge in [-0.05, 0) is 44.5 Å². The number of carbonyl (C=O) groups excluding carboxylic acids is 3. The summed E-state index contributed by atoms with van der Waals surface area (Å²) >= 11 is 5.80. The van der Waals surface area contributed by atoms with Crippen molar-refractivity contribution in [2.75, 3.05) is 26.2 Å². The molecule has 2 fully saturated rings. The third-order valence-electron chi connectivity index (χ3n) is 5.22. The number of benzene rings is 1. The molecule has 2 aliphatic heterocycles. The van der Waals surface area contributed by atoms with Crippen LogP contribution in [0.5, 0.6) is 0 Å². The number of nitrogens with one attached hydrogen (secondary N) is 1. The van der Waals surface area contributed by atoms with E-state index in [1.165, 1.54) is 17.0 Å². The molecule has 1 aromatic carbocycles. The summed E-state index contributed by atoms with van der Waals surface area (Å²) in [6, 6.07) is 3.85. The summed E-state index contributed by atoms with van der Waals surface area (Å²) < 4.78 is 18.7. The van der Waals surface area contributed by atoms with Crippen LogP contribution in [0.2, 0.25) is 5.02 Å². The first-order valence-electron chi connectivity index (χ1n) is 10.1. The zero-order valence-corrected chi connectivity index (χ0v) is 18.5. The van der Waals surface area contributed by atoms with Crippen molar-refractivity contribution in [3.05, 3.63) is 34.6 Å². The van der Waals surface area contributed by atoms with Crippen LogP contribution in [0.3, 0.4) is 0 Å². The lowest BCUT2D eigenvalue weighted by Crippen LogP contribution is -2.57. The van der Waals surface area contributed by atoms with Crippen LogP contribution in [0.25, 0.3) is 0 Å². The number of hydrogen-bond donors (Lipinski definition) is 2. The molecule has 0 aromatic heterocycles. The van der Waals surface area contributed by atoms with Gasteiger partial charge in [0.25, 0.3) is 11.8 Å². The number of nitrogens with zero attached hydrogens (tertiary/aromatic N) is 2. The van der Waals surface area contributed by atoms with Crippen molar-refractivity contribution in [1.29, 1.82) is 0 Å². The molecule has 0 spiro atoms. The van der Waals surface area contributed by atoms with E-state index in [0.29, 0.717) is 25.2 Å². The Bertz CT molecular complexity index is 864. The minimum atomic E-state index is -2.16. The van der Waals surface area contributed by atoms with Crippen molar-refractivity contribution in [3.8, 4) is 0 Å². The van der Waals surface area contributed by atoms with E-state index in [4.69, 9.17) is 16.3 Å². The van der Waals surface area contributed by atoms with Crippen molar-refractivity contribution < 1.29 is 28.6 Å². The molecule has 170 valence electrons. The third kappa shape index (κ3) is 5.46. The van der Waals surface area contributed by atoms with Gasteiger partial charge in [-0.2, -0.15) is 0 Å². The maximum absolute atomic E-state index is 13.4. The molecule has 31 heavy (non-hydrogen) atoms. The standard InChI is InChI=1S/C21H27ClFN3O5/c1-20(2,3)31-19(29)26-11-14(12-26)10-25-5-4-21(30,18(25)28)17(27)24-9-13-6-15(22)8-16(23)7-13/h6-8,14,30H,4-5,9-12H2,1-3H3,(H,24,27). The Balaban J connectivity index is 1.49. The summed E-state index contributed by atoms with van der Waals surface area (Å²) in [5, 5.41) is 13.3. The van der Waals surface area contributed by atoms with Crippen LogP contribution in [0.4, 0.5) is 9.18 Å². The van der Waals surface area contributed by atoms with Crippen LogP contribution in [-0.2, 0) is 20.9 Å². The van der Waals surface area contributed by atoms with Crippen LogP contribution in [0.1, 0.15) is 32.8 Å². The van der Waals surface area contributed by atoms with Crippen molar-refractivity contribution in [2.45, 2.75) is 44.9 Å². The number of likely N-dealkylation sites (tertiary alicyclic amines) is 2. The van der Waals surface area contributed by atoms with Gasteiger partial charge in [0.1, 0.15) is 11.4 Å². The second-order valence-electron chi connectivity index (χ2n) is 9.07. The lowest BCUT2D eigenvalue weighted by molar-refractivity contribution is -0.155. The summed E-state index contributed by atoms with van der Waals surface area (Å²) in [6.07, 6.45) is -0.436. The zero-order chi connectivity index (χ0) is 23.0. The smallest absolute Gasteiger partial charge is 0.410 e. The van der Waals surface area contributed by atoms with Gasteiger partial charge >= 0.3 is 6.09 Å². The van der Waals surface area contributed by atoms with Crippen molar-refractivity contribution in [3.63, 3.8) is 0 Å². The van der Waals surface area contributed by atoms with Crippen LogP contribution >= 0.6 is 11.6 Å². The number of amides is 3. The molecule has 1 unspecified atom stereocenters. The highest BCUT2D eigenvalue weighted by atomic mass is 35.5. The molecule has 0 radical (unpaired) electrons. The first-order valence-corrected chi connectivity index (χ1v) is 10.5. The Hall–Kier alpha value is -2.39. The van der Waals surface area contributed by atoms with E-state index in [2.05, 4.69) is 5.32 Å². The Kier molecular flexibility index (Phi) is 6.48. The lowest BCUT2D eigenvalue weighted by atomic mass is 9.99. The first-order chi connectivity index (χ1) is 14.4. The van der Waals surface area contributed by atoms with E-state index in [-0.39, 0.29) is 30.5 Å². The quantitative estimate of drug-likeness (QED) is 0.661. The van der Waals surface area contributed by atoms with Gasteiger partial charge in [0.2, 0.25) is 5.60 Å². The predicted octanol–water partition coefficient (Wildman–Crippen LogP) is 1.93. The minimum absolute atomic E-state index is 0.0376. The summed E-state index contributed by atoms with van der Waals surface area (Å²) in [7, 11) is 0. The molecule has 1 aromatic rings. The van der Waals surface area contributed by atoms with Crippen LogP contribution in [0, 0.1) is 11.7 Å². The van der Waals surface area contributed by atoms with Crippen LogP contribution < -0.4 is 5.32 Å². The average Bonchev–Trinajstić information content (AvgIpc) is 2.89. The number of hydrogen-bond acceptors (Lipinski definition) is 5. The van der Waals surface area contributed by atoms with Gasteiger partial charge < -0.3 is 25.0 Å². The topological polar surface area (TPSA) is 99.2 Å². The molecule has 8 nitrogen and oxygen atoms in total. The fraction of sp³-hybridized carbons (Fsp3) is 0.571. The molecule has 3 amide bonds. The minimum Gasteiger partial charge on any atom is -0.444 e. The van der Waals surface area contributed by atoms with Crippen LogP contribution in [0.15, 0.2) is 18.2 Å². The zero-order valence-electron chi connectivity index (χ0n) is 17.8. The average molecular weight is 456 g/mol. The van der Waals surface area contributed by atoms with Gasteiger partial charge in [0.05, 0.1) is 0 Å². The maximum atomic E-state index is 13.4. The maximum Gasteiger partial charge on any atom is 0.410 e. The molecule has 0 saturated carbocycles. The highest BCUT2D eigenvalue weighted by molar-refractivity contribution is 6.30. The third-order valence-corrected chi connectivity index (χ3v) is 5.44. The monoisotopic (exact) mass is 455 g/mol. The van der Waals surface area contributed by atoms with E-state index < -0.39 is 34.9 Å². The summed E-state index contributed by atoms with van der Waals surface area (Å²) in [4.78, 5) is 40.2. The van der Waals surface area contributed by atoms with Gasteiger partial charge in [0, 0.05) is 50.1 Å². The van der Waals surface area contributed by atoms with Crippen molar-refractivity contribution in [1.82, 2.24) is 15.1 Å². The fourth-order valence-corrected chi connectivity index (χ4v) is 3.91. The summed E-state index contributed by atoms with van der Waals surface area (Å²) in [5.74, 6) is -1.99. The van der Waals surface area contributed by atoms with Gasteiger partial charge in [-0.1, -0.05) is 11.6 Å². The molecule has 1 atom stereocenters. The largest absolute Gasteiger partial charge is 0.444 e. The molecule has 2 heterocycles. The van der Waals surface area contributed by atoms with E-state index >= 15 is 0 Å². The SMILES string of the molecule is CC(C)(C)OC(=O)N1CC(CN2CCC(O)(C(=O)NCc3cc(F)cc(Cl)c3)C2=O)C1. The Labute approximate surface area is 185 Å². The highest BCUT2D eigenvalue weighted by Gasteiger charge is 2.52. The molecule has 0 bridgehead atoms. The van der Waals surface area contributed by atoms with Crippen molar-refractivity contribution in [2.24, 2.45) is 5.92 Å². The highest BCUT2D eigenvalue weighted by Crippen LogP contribution is 2.27. The number of halogens is 2. The molecule has 2 aliphatic rings. The van der Waals surface area contributed by atoms with E-state index in [1.807, 2.05) is 0 Å². The van der Waals surface area contributed by atoms with Gasteiger partial charge in [0.15, 0.2) is 0 Å². The number of rotatable bonds is 5. The predicted molar refractivity (Wildman–Crippen MR) is 111 cm³/mol.